The number of fused-ring (bicyclic) bond motifs is 1. The highest BCUT2D eigenvalue weighted by Crippen LogP contribution is 2.43. The van der Waals surface area contributed by atoms with Gasteiger partial charge in [0, 0.05) is 0 Å². The predicted octanol–water partition coefficient (Wildman–Crippen LogP) is -1.95. The molecule has 0 radical (unpaired) electrons. The summed E-state index contributed by atoms with van der Waals surface area (Å²) in [6.45, 7) is 1.40. The molecule has 1 unspecified atom stereocenters. The van der Waals surface area contributed by atoms with Crippen molar-refractivity contribution in [3.8, 4) is 0 Å². The molecule has 3 rings (SSSR count). The molecule has 6 N–H and O–H groups in total. The first-order valence-corrected chi connectivity index (χ1v) is 7.29. The Kier molecular flexibility index (Phi) is 3.58. The summed E-state index contributed by atoms with van der Waals surface area (Å²) in [5.74, 6) is 0.272. The van der Waals surface area contributed by atoms with Crippen molar-refractivity contribution in [1.82, 2.24) is 9.97 Å². The standard InChI is InChI=1S/C11H16N4O5S/c1-3-15(10-6(18)5(17)4(2-16)20-10)8-7(21-3)9(19)14-11(12)13-8/h3-6,10,16-18H,2H2,1H3,(H3,12,13,14,19)/t3?,4-,5-,6-,10-/m1/s1. The Morgan fingerprint density at radius 3 is 2.81 bits per heavy atom. The summed E-state index contributed by atoms with van der Waals surface area (Å²) in [4.78, 5) is 20.4. The zero-order valence-corrected chi connectivity index (χ0v) is 11.9. The maximum Gasteiger partial charge on any atom is 0.268 e. The number of nitrogen functional groups attached to an aromatic ring is 1. The van der Waals surface area contributed by atoms with Crippen LogP contribution in [-0.2, 0) is 4.74 Å². The van der Waals surface area contributed by atoms with E-state index in [1.807, 2.05) is 6.92 Å². The first-order chi connectivity index (χ1) is 9.93. The number of hydrogen-bond acceptors (Lipinski definition) is 9. The van der Waals surface area contributed by atoms with Gasteiger partial charge in [-0.05, 0) is 6.92 Å². The first-order valence-electron chi connectivity index (χ1n) is 6.41. The van der Waals surface area contributed by atoms with E-state index < -0.39 is 31.1 Å². The summed E-state index contributed by atoms with van der Waals surface area (Å²) in [6, 6.07) is 0. The quantitative estimate of drug-likeness (QED) is 0.420. The highest BCUT2D eigenvalue weighted by atomic mass is 32.2. The van der Waals surface area contributed by atoms with Crippen LogP contribution in [0.5, 0.6) is 0 Å². The predicted molar refractivity (Wildman–Crippen MR) is 74.8 cm³/mol. The Labute approximate surface area is 123 Å². The highest BCUT2D eigenvalue weighted by Gasteiger charge is 2.49. The van der Waals surface area contributed by atoms with E-state index in [-0.39, 0.29) is 16.9 Å². The van der Waals surface area contributed by atoms with Gasteiger partial charge in [-0.2, -0.15) is 4.98 Å². The van der Waals surface area contributed by atoms with Crippen LogP contribution in [0, 0.1) is 0 Å². The van der Waals surface area contributed by atoms with E-state index in [1.165, 1.54) is 11.8 Å². The highest BCUT2D eigenvalue weighted by molar-refractivity contribution is 8.00. The number of nitrogens with two attached hydrogens (primary N) is 1. The van der Waals surface area contributed by atoms with E-state index in [9.17, 15) is 15.0 Å². The number of H-pyrrole nitrogens is 1. The maximum atomic E-state index is 11.9. The number of thioether (sulfide) groups is 1. The molecule has 0 aliphatic carbocycles. The molecule has 2 aliphatic heterocycles. The van der Waals surface area contributed by atoms with Crippen LogP contribution in [0.2, 0.25) is 0 Å². The minimum atomic E-state index is -1.22. The van der Waals surface area contributed by atoms with Crippen LogP contribution >= 0.6 is 11.8 Å². The van der Waals surface area contributed by atoms with E-state index in [0.29, 0.717) is 10.7 Å². The molecule has 21 heavy (non-hydrogen) atoms. The molecule has 2 aliphatic rings. The van der Waals surface area contributed by atoms with Crippen LogP contribution < -0.4 is 16.2 Å². The molecule has 0 saturated carbocycles. The zero-order valence-electron chi connectivity index (χ0n) is 11.1. The van der Waals surface area contributed by atoms with Crippen molar-refractivity contribution in [3.63, 3.8) is 0 Å². The fourth-order valence-electron chi connectivity index (χ4n) is 2.59. The van der Waals surface area contributed by atoms with Gasteiger partial charge in [0.15, 0.2) is 12.0 Å². The van der Waals surface area contributed by atoms with Gasteiger partial charge in [-0.1, -0.05) is 11.8 Å². The molecular formula is C11H16N4O5S. The van der Waals surface area contributed by atoms with Crippen LogP contribution in [0.15, 0.2) is 9.69 Å². The normalized spacial score (nSPS) is 35.2. The van der Waals surface area contributed by atoms with Gasteiger partial charge >= 0.3 is 0 Å². The second-order valence-electron chi connectivity index (χ2n) is 4.96. The number of hydrogen-bond donors (Lipinski definition) is 5. The summed E-state index contributed by atoms with van der Waals surface area (Å²) < 4.78 is 5.50. The number of rotatable bonds is 2. The average Bonchev–Trinajstić information content (AvgIpc) is 2.89. The molecule has 0 spiro atoms. The molecule has 0 aromatic carbocycles. The molecule has 1 aromatic rings. The van der Waals surface area contributed by atoms with Crippen molar-refractivity contribution >= 4 is 23.5 Å². The zero-order chi connectivity index (χ0) is 15.3. The topological polar surface area (TPSA) is 145 Å². The number of aromatic nitrogens is 2. The number of aromatic amines is 1. The van der Waals surface area contributed by atoms with Crippen molar-refractivity contribution < 1.29 is 20.1 Å². The SMILES string of the molecule is CC1Sc2c(nc(N)[nH]c2=O)N1[C@@H]1O[C@H](CO)[C@@H](O)[C@H]1O. The van der Waals surface area contributed by atoms with Gasteiger partial charge in [0.2, 0.25) is 5.95 Å². The van der Waals surface area contributed by atoms with Crippen LogP contribution in [0.25, 0.3) is 0 Å². The smallest absolute Gasteiger partial charge is 0.268 e. The van der Waals surface area contributed by atoms with Crippen molar-refractivity contribution in [3.05, 3.63) is 10.4 Å². The van der Waals surface area contributed by atoms with Crippen molar-refractivity contribution in [2.75, 3.05) is 17.2 Å². The number of nitrogens with zero attached hydrogens (tertiary/aromatic N) is 2. The maximum absolute atomic E-state index is 11.9. The lowest BCUT2D eigenvalue weighted by Gasteiger charge is -2.30. The number of nitrogens with one attached hydrogen (secondary N) is 1. The van der Waals surface area contributed by atoms with Crippen LogP contribution in [0.1, 0.15) is 6.92 Å². The van der Waals surface area contributed by atoms with Gasteiger partial charge < -0.3 is 30.7 Å². The van der Waals surface area contributed by atoms with Gasteiger partial charge in [-0.15, -0.1) is 0 Å². The summed E-state index contributed by atoms with van der Waals surface area (Å²) in [7, 11) is 0. The van der Waals surface area contributed by atoms with Crippen molar-refractivity contribution in [1.29, 1.82) is 0 Å². The van der Waals surface area contributed by atoms with E-state index >= 15 is 0 Å². The molecule has 116 valence electrons. The fourth-order valence-corrected chi connectivity index (χ4v) is 3.67. The molecule has 1 fully saturated rings. The van der Waals surface area contributed by atoms with E-state index in [0.717, 1.165) is 0 Å². The van der Waals surface area contributed by atoms with E-state index in [4.69, 9.17) is 15.6 Å². The van der Waals surface area contributed by atoms with Crippen molar-refractivity contribution in [2.24, 2.45) is 0 Å². The molecule has 1 saturated heterocycles. The van der Waals surface area contributed by atoms with E-state index in [2.05, 4.69) is 9.97 Å². The second kappa shape index (κ2) is 5.14. The third kappa shape index (κ3) is 2.19. The largest absolute Gasteiger partial charge is 0.394 e. The van der Waals surface area contributed by atoms with E-state index in [1.54, 1.807) is 4.90 Å². The van der Waals surface area contributed by atoms with Gasteiger partial charge in [-0.25, -0.2) is 0 Å². The number of anilines is 2. The fraction of sp³-hybridized carbons (Fsp3) is 0.636. The molecule has 9 nitrogen and oxygen atoms in total. The Morgan fingerprint density at radius 1 is 1.48 bits per heavy atom. The molecule has 5 atom stereocenters. The number of aliphatic hydroxyl groups excluding tert-OH is 3. The molecule has 1 aromatic heterocycles. The summed E-state index contributed by atoms with van der Waals surface area (Å²) >= 11 is 1.26. The van der Waals surface area contributed by atoms with Gasteiger partial charge in [0.1, 0.15) is 23.2 Å². The third-order valence-electron chi connectivity index (χ3n) is 3.59. The molecule has 10 heteroatoms. The summed E-state index contributed by atoms with van der Waals surface area (Å²) in [6.07, 6.45) is -4.22. The minimum Gasteiger partial charge on any atom is -0.394 e. The first kappa shape index (κ1) is 14.6. The van der Waals surface area contributed by atoms with Gasteiger partial charge in [0.25, 0.3) is 5.56 Å². The van der Waals surface area contributed by atoms with Gasteiger partial charge in [-0.3, -0.25) is 9.78 Å². The van der Waals surface area contributed by atoms with Crippen LogP contribution in [0.4, 0.5) is 11.8 Å². The lowest BCUT2D eigenvalue weighted by Crippen LogP contribution is -2.46. The average molecular weight is 316 g/mol. The second-order valence-corrected chi connectivity index (χ2v) is 6.28. The monoisotopic (exact) mass is 316 g/mol. The minimum absolute atomic E-state index is 0.0369. The Morgan fingerprint density at radius 2 is 2.19 bits per heavy atom. The molecule has 0 amide bonds. The molecule has 0 bridgehead atoms. The third-order valence-corrected chi connectivity index (χ3v) is 4.77. The molecular weight excluding hydrogens is 300 g/mol. The van der Waals surface area contributed by atoms with Crippen LogP contribution in [-0.4, -0.2) is 61.8 Å². The lowest BCUT2D eigenvalue weighted by atomic mass is 10.1. The van der Waals surface area contributed by atoms with Gasteiger partial charge in [0.05, 0.1) is 12.0 Å². The van der Waals surface area contributed by atoms with Crippen molar-refractivity contribution in [2.45, 2.75) is 41.7 Å². The summed E-state index contributed by atoms with van der Waals surface area (Å²) in [5.41, 5.74) is 5.20. The lowest BCUT2D eigenvalue weighted by molar-refractivity contribution is -0.0229. The Hall–Kier alpha value is -1.33. The molecule has 3 heterocycles. The number of ether oxygens (including phenoxy) is 1. The number of aliphatic hydroxyl groups is 3. The Bertz CT molecular complexity index is 611. The Balaban J connectivity index is 2.00. The van der Waals surface area contributed by atoms with Crippen LogP contribution in [0.3, 0.4) is 0 Å². The summed E-state index contributed by atoms with van der Waals surface area (Å²) in [5, 5.41) is 28.9.